The molecule has 0 saturated carbocycles. The molecule has 0 spiro atoms. The third-order valence-corrected chi connectivity index (χ3v) is 5.33. The number of rotatable bonds is 7. The Balaban J connectivity index is 2.22. The van der Waals surface area contributed by atoms with Gasteiger partial charge >= 0.3 is 0 Å². The number of ether oxygens (including phenoxy) is 1. The Morgan fingerprint density at radius 2 is 1.88 bits per heavy atom. The lowest BCUT2D eigenvalue weighted by Gasteiger charge is -2.14. The van der Waals surface area contributed by atoms with Gasteiger partial charge in [0.25, 0.3) is 15.9 Å². The van der Waals surface area contributed by atoms with E-state index in [1.807, 2.05) is 19.9 Å². The molecule has 2 aromatic rings. The van der Waals surface area contributed by atoms with E-state index in [4.69, 9.17) is 4.74 Å². The zero-order valence-corrected chi connectivity index (χ0v) is 16.2. The zero-order chi connectivity index (χ0) is 19.3. The Bertz CT molecular complexity index is 894. The van der Waals surface area contributed by atoms with Gasteiger partial charge in [-0.1, -0.05) is 18.2 Å². The van der Waals surface area contributed by atoms with E-state index in [1.54, 1.807) is 44.4 Å². The minimum atomic E-state index is -3.74. The fourth-order valence-electron chi connectivity index (χ4n) is 2.53. The molecule has 0 heterocycles. The van der Waals surface area contributed by atoms with Gasteiger partial charge in [0.2, 0.25) is 0 Å². The van der Waals surface area contributed by atoms with Crippen molar-refractivity contribution in [2.45, 2.75) is 31.7 Å². The summed E-state index contributed by atoms with van der Waals surface area (Å²) in [6.45, 7) is 5.80. The average molecular weight is 376 g/mol. The zero-order valence-electron chi connectivity index (χ0n) is 15.4. The molecule has 0 fully saturated rings. The molecule has 0 saturated heterocycles. The number of anilines is 1. The van der Waals surface area contributed by atoms with Gasteiger partial charge in [0, 0.05) is 24.4 Å². The van der Waals surface area contributed by atoms with Gasteiger partial charge in [0.1, 0.15) is 0 Å². The van der Waals surface area contributed by atoms with Gasteiger partial charge in [-0.15, -0.1) is 0 Å². The lowest BCUT2D eigenvalue weighted by Crippen LogP contribution is -2.35. The van der Waals surface area contributed by atoms with Crippen LogP contribution in [0.2, 0.25) is 0 Å². The van der Waals surface area contributed by atoms with Crippen molar-refractivity contribution in [2.24, 2.45) is 0 Å². The largest absolute Gasteiger partial charge is 0.383 e. The predicted octanol–water partition coefficient (Wildman–Crippen LogP) is 2.87. The second-order valence-corrected chi connectivity index (χ2v) is 7.94. The number of benzene rings is 2. The number of amides is 1. The van der Waals surface area contributed by atoms with Gasteiger partial charge in [0.05, 0.1) is 11.5 Å². The van der Waals surface area contributed by atoms with E-state index in [1.165, 1.54) is 6.07 Å². The first-order chi connectivity index (χ1) is 12.2. The minimum absolute atomic E-state index is 0.150. The summed E-state index contributed by atoms with van der Waals surface area (Å²) < 4.78 is 32.9. The molecule has 26 heavy (non-hydrogen) atoms. The Kier molecular flexibility index (Phi) is 6.39. The normalized spacial score (nSPS) is 12.5. The van der Waals surface area contributed by atoms with Crippen molar-refractivity contribution in [2.75, 3.05) is 18.4 Å². The van der Waals surface area contributed by atoms with Crippen molar-refractivity contribution in [3.63, 3.8) is 0 Å². The number of carbonyl (C=O) groups is 1. The Morgan fingerprint density at radius 1 is 1.15 bits per heavy atom. The summed E-state index contributed by atoms with van der Waals surface area (Å²) in [5, 5.41) is 2.79. The van der Waals surface area contributed by atoms with Gasteiger partial charge in [-0.05, 0) is 56.2 Å². The number of hydrogen-bond acceptors (Lipinski definition) is 4. The lowest BCUT2D eigenvalue weighted by molar-refractivity contribution is 0.0905. The van der Waals surface area contributed by atoms with Crippen LogP contribution in [0, 0.1) is 13.8 Å². The van der Waals surface area contributed by atoms with Crippen LogP contribution in [-0.2, 0) is 14.8 Å². The smallest absolute Gasteiger partial charge is 0.262 e. The highest BCUT2D eigenvalue weighted by Crippen LogP contribution is 2.21. The Labute approximate surface area is 154 Å². The summed E-state index contributed by atoms with van der Waals surface area (Å²) in [6, 6.07) is 11.5. The molecule has 0 aromatic heterocycles. The Morgan fingerprint density at radius 3 is 2.58 bits per heavy atom. The summed E-state index contributed by atoms with van der Waals surface area (Å²) in [5.74, 6) is -0.290. The van der Waals surface area contributed by atoms with E-state index in [0.29, 0.717) is 23.4 Å². The summed E-state index contributed by atoms with van der Waals surface area (Å²) in [4.78, 5) is 12.5. The molecule has 140 valence electrons. The van der Waals surface area contributed by atoms with E-state index in [9.17, 15) is 13.2 Å². The molecule has 2 N–H and O–H groups in total. The lowest BCUT2D eigenvalue weighted by atomic mass is 10.2. The quantitative estimate of drug-likeness (QED) is 0.778. The maximum atomic E-state index is 12.7. The standard InChI is InChI=1S/C19H24N2O4S/c1-13-8-9-14(2)18(10-13)26(23,24)21-17-7-5-6-16(11-17)19(22)20-15(3)12-25-4/h5-11,15,21H,12H2,1-4H3,(H,20,22). The van der Waals surface area contributed by atoms with Gasteiger partial charge in [-0.3, -0.25) is 9.52 Å². The van der Waals surface area contributed by atoms with Crippen molar-refractivity contribution in [1.29, 1.82) is 0 Å². The summed E-state index contributed by atoms with van der Waals surface area (Å²) in [7, 11) is -2.18. The maximum Gasteiger partial charge on any atom is 0.262 e. The van der Waals surface area contributed by atoms with Crippen LogP contribution in [0.15, 0.2) is 47.4 Å². The van der Waals surface area contributed by atoms with Crippen LogP contribution < -0.4 is 10.0 Å². The first kappa shape index (κ1) is 19.9. The van der Waals surface area contributed by atoms with Crippen LogP contribution in [0.1, 0.15) is 28.4 Å². The monoisotopic (exact) mass is 376 g/mol. The number of hydrogen-bond donors (Lipinski definition) is 2. The summed E-state index contributed by atoms with van der Waals surface area (Å²) >= 11 is 0. The van der Waals surface area contributed by atoms with Crippen LogP contribution in [0.3, 0.4) is 0 Å². The van der Waals surface area contributed by atoms with E-state index < -0.39 is 10.0 Å². The van der Waals surface area contributed by atoms with E-state index in [0.717, 1.165) is 5.56 Å². The number of aryl methyl sites for hydroxylation is 2. The number of nitrogens with one attached hydrogen (secondary N) is 2. The topological polar surface area (TPSA) is 84.5 Å². The van der Waals surface area contributed by atoms with Crippen molar-refractivity contribution < 1.29 is 17.9 Å². The van der Waals surface area contributed by atoms with Crippen LogP contribution >= 0.6 is 0 Å². The number of carbonyl (C=O) groups excluding carboxylic acids is 1. The van der Waals surface area contributed by atoms with Gasteiger partial charge < -0.3 is 10.1 Å². The van der Waals surface area contributed by atoms with Crippen LogP contribution in [-0.4, -0.2) is 34.1 Å². The molecule has 0 aliphatic rings. The van der Waals surface area contributed by atoms with Crippen molar-refractivity contribution in [1.82, 2.24) is 5.32 Å². The fourth-order valence-corrected chi connectivity index (χ4v) is 3.91. The molecule has 0 aliphatic heterocycles. The number of sulfonamides is 1. The first-order valence-electron chi connectivity index (χ1n) is 8.23. The second-order valence-electron chi connectivity index (χ2n) is 6.29. The van der Waals surface area contributed by atoms with Crippen molar-refractivity contribution >= 4 is 21.6 Å². The molecule has 7 heteroatoms. The number of methoxy groups -OCH3 is 1. The van der Waals surface area contributed by atoms with Gasteiger partial charge in [0.15, 0.2) is 0 Å². The van der Waals surface area contributed by atoms with Crippen LogP contribution in [0.5, 0.6) is 0 Å². The summed E-state index contributed by atoms with van der Waals surface area (Å²) in [6.07, 6.45) is 0. The van der Waals surface area contributed by atoms with Crippen molar-refractivity contribution in [3.05, 3.63) is 59.2 Å². The predicted molar refractivity (Wildman–Crippen MR) is 102 cm³/mol. The molecule has 1 unspecified atom stereocenters. The van der Waals surface area contributed by atoms with E-state index in [-0.39, 0.29) is 16.8 Å². The average Bonchev–Trinajstić information content (AvgIpc) is 2.57. The molecular weight excluding hydrogens is 352 g/mol. The molecule has 2 aromatic carbocycles. The molecule has 2 rings (SSSR count). The third kappa shape index (κ3) is 5.06. The molecule has 1 amide bonds. The molecule has 0 aliphatic carbocycles. The summed E-state index contributed by atoms with van der Waals surface area (Å²) in [5.41, 5.74) is 2.22. The van der Waals surface area contributed by atoms with Crippen LogP contribution in [0.25, 0.3) is 0 Å². The highest BCUT2D eigenvalue weighted by molar-refractivity contribution is 7.92. The fraction of sp³-hybridized carbons (Fsp3) is 0.316. The third-order valence-electron chi connectivity index (χ3n) is 3.80. The molecule has 6 nitrogen and oxygen atoms in total. The maximum absolute atomic E-state index is 12.7. The van der Waals surface area contributed by atoms with Gasteiger partial charge in [-0.2, -0.15) is 0 Å². The highest BCUT2D eigenvalue weighted by atomic mass is 32.2. The molecular formula is C19H24N2O4S. The van der Waals surface area contributed by atoms with Crippen LogP contribution in [0.4, 0.5) is 5.69 Å². The molecule has 1 atom stereocenters. The minimum Gasteiger partial charge on any atom is -0.383 e. The van der Waals surface area contributed by atoms with E-state index in [2.05, 4.69) is 10.0 Å². The van der Waals surface area contributed by atoms with E-state index >= 15 is 0 Å². The second kappa shape index (κ2) is 8.33. The molecule has 0 bridgehead atoms. The van der Waals surface area contributed by atoms with Gasteiger partial charge in [-0.25, -0.2) is 8.42 Å². The van der Waals surface area contributed by atoms with Crippen molar-refractivity contribution in [3.8, 4) is 0 Å². The Hall–Kier alpha value is -2.38. The SMILES string of the molecule is COCC(C)NC(=O)c1cccc(NS(=O)(=O)c2cc(C)ccc2C)c1. The molecule has 0 radical (unpaired) electrons. The first-order valence-corrected chi connectivity index (χ1v) is 9.71. The highest BCUT2D eigenvalue weighted by Gasteiger charge is 2.18.